The molecule has 0 radical (unpaired) electrons. The average molecular weight is 206 g/mol. The van der Waals surface area contributed by atoms with Crippen LogP contribution in [0.2, 0.25) is 0 Å². The lowest BCUT2D eigenvalue weighted by molar-refractivity contribution is 0.429. The molecule has 2 heterocycles. The van der Waals surface area contributed by atoms with E-state index < -0.39 is 0 Å². The average Bonchev–Trinajstić information content (AvgIpc) is 3.02. The van der Waals surface area contributed by atoms with E-state index in [4.69, 9.17) is 4.42 Å². The highest BCUT2D eigenvalue weighted by Crippen LogP contribution is 2.34. The predicted octanol–water partition coefficient (Wildman–Crippen LogP) is 2.76. The summed E-state index contributed by atoms with van der Waals surface area (Å²) in [5, 5.41) is 3.42. The van der Waals surface area contributed by atoms with Crippen LogP contribution in [0.25, 0.3) is 0 Å². The summed E-state index contributed by atoms with van der Waals surface area (Å²) in [7, 11) is 0. The fraction of sp³-hybridized carbons (Fsp3) is 0.750. The van der Waals surface area contributed by atoms with Crippen molar-refractivity contribution < 1.29 is 4.42 Å². The van der Waals surface area contributed by atoms with Gasteiger partial charge < -0.3 is 9.73 Å². The molecule has 2 fully saturated rings. The van der Waals surface area contributed by atoms with Crippen LogP contribution < -0.4 is 5.32 Å². The van der Waals surface area contributed by atoms with E-state index in [9.17, 15) is 0 Å². The summed E-state index contributed by atoms with van der Waals surface area (Å²) < 4.78 is 5.59. The Labute approximate surface area is 90.3 Å². The van der Waals surface area contributed by atoms with E-state index in [0.29, 0.717) is 12.0 Å². The van der Waals surface area contributed by atoms with Crippen molar-refractivity contribution in [3.63, 3.8) is 0 Å². The SMILES string of the molecule is c1oc(C2CCCN2)nc1C1CCCC1. The van der Waals surface area contributed by atoms with Crippen LogP contribution in [0, 0.1) is 0 Å². The molecular weight excluding hydrogens is 188 g/mol. The largest absolute Gasteiger partial charge is 0.447 e. The van der Waals surface area contributed by atoms with Gasteiger partial charge in [-0.2, -0.15) is 0 Å². The fourth-order valence-corrected chi connectivity index (χ4v) is 2.77. The molecule has 0 amide bonds. The molecule has 1 aliphatic carbocycles. The standard InChI is InChI=1S/C12H18N2O/c1-2-5-9(4-1)11-8-15-12(14-11)10-6-3-7-13-10/h8-10,13H,1-7H2. The van der Waals surface area contributed by atoms with E-state index in [-0.39, 0.29) is 0 Å². The van der Waals surface area contributed by atoms with Gasteiger partial charge in [-0.15, -0.1) is 0 Å². The molecule has 2 aliphatic rings. The van der Waals surface area contributed by atoms with Gasteiger partial charge in [-0.3, -0.25) is 0 Å². The maximum absolute atomic E-state index is 5.59. The summed E-state index contributed by atoms with van der Waals surface area (Å²) >= 11 is 0. The lowest BCUT2D eigenvalue weighted by atomic mass is 10.1. The van der Waals surface area contributed by atoms with Crippen molar-refractivity contribution in [1.29, 1.82) is 0 Å². The van der Waals surface area contributed by atoms with Gasteiger partial charge in [0.1, 0.15) is 6.26 Å². The second-order valence-electron chi connectivity index (χ2n) is 4.74. The quantitative estimate of drug-likeness (QED) is 0.808. The Morgan fingerprint density at radius 2 is 2.07 bits per heavy atom. The van der Waals surface area contributed by atoms with Crippen LogP contribution in [0.5, 0.6) is 0 Å². The van der Waals surface area contributed by atoms with E-state index in [2.05, 4.69) is 10.3 Å². The minimum absolute atomic E-state index is 0.375. The summed E-state index contributed by atoms with van der Waals surface area (Å²) in [4.78, 5) is 4.65. The smallest absolute Gasteiger partial charge is 0.211 e. The number of oxazole rings is 1. The van der Waals surface area contributed by atoms with Crippen molar-refractivity contribution in [2.45, 2.75) is 50.5 Å². The van der Waals surface area contributed by atoms with Crippen molar-refractivity contribution >= 4 is 0 Å². The molecule has 3 rings (SSSR count). The van der Waals surface area contributed by atoms with Gasteiger partial charge in [-0.25, -0.2) is 4.98 Å². The van der Waals surface area contributed by atoms with Gasteiger partial charge in [-0.1, -0.05) is 12.8 Å². The molecule has 1 N–H and O–H groups in total. The van der Waals surface area contributed by atoms with Gasteiger partial charge in [0, 0.05) is 5.92 Å². The number of nitrogens with zero attached hydrogens (tertiary/aromatic N) is 1. The Morgan fingerprint density at radius 3 is 2.80 bits per heavy atom. The van der Waals surface area contributed by atoms with Crippen LogP contribution >= 0.6 is 0 Å². The minimum Gasteiger partial charge on any atom is -0.447 e. The molecule has 15 heavy (non-hydrogen) atoms. The van der Waals surface area contributed by atoms with Gasteiger partial charge in [0.15, 0.2) is 0 Å². The van der Waals surface area contributed by atoms with Crippen LogP contribution in [0.4, 0.5) is 0 Å². The third kappa shape index (κ3) is 1.81. The number of hydrogen-bond donors (Lipinski definition) is 1. The van der Waals surface area contributed by atoms with Crippen LogP contribution in [0.3, 0.4) is 0 Å². The molecule has 1 aromatic rings. The molecule has 1 unspecified atom stereocenters. The molecular formula is C12H18N2O. The molecule has 82 valence electrons. The zero-order valence-electron chi connectivity index (χ0n) is 9.04. The highest BCUT2D eigenvalue weighted by molar-refractivity contribution is 5.08. The van der Waals surface area contributed by atoms with Gasteiger partial charge in [-0.05, 0) is 32.2 Å². The second-order valence-corrected chi connectivity index (χ2v) is 4.74. The lowest BCUT2D eigenvalue weighted by Gasteiger charge is -2.04. The van der Waals surface area contributed by atoms with E-state index in [0.717, 1.165) is 12.4 Å². The summed E-state index contributed by atoms with van der Waals surface area (Å²) in [6.07, 6.45) is 9.60. The van der Waals surface area contributed by atoms with Gasteiger partial charge in [0.25, 0.3) is 0 Å². The van der Waals surface area contributed by atoms with Crippen molar-refractivity contribution in [3.8, 4) is 0 Å². The minimum atomic E-state index is 0.375. The first-order valence-corrected chi connectivity index (χ1v) is 6.12. The van der Waals surface area contributed by atoms with Crippen molar-refractivity contribution in [1.82, 2.24) is 10.3 Å². The number of rotatable bonds is 2. The van der Waals surface area contributed by atoms with Crippen LogP contribution in [-0.2, 0) is 0 Å². The van der Waals surface area contributed by atoms with Crippen LogP contribution in [0.1, 0.15) is 62.1 Å². The molecule has 1 saturated heterocycles. The molecule has 0 bridgehead atoms. The monoisotopic (exact) mass is 206 g/mol. The Bertz CT molecular complexity index is 292. The molecule has 1 aromatic heterocycles. The van der Waals surface area contributed by atoms with Crippen molar-refractivity contribution in [2.75, 3.05) is 6.54 Å². The molecule has 1 atom stereocenters. The van der Waals surface area contributed by atoms with Crippen molar-refractivity contribution in [2.24, 2.45) is 0 Å². The summed E-state index contributed by atoms with van der Waals surface area (Å²) in [6, 6.07) is 0.375. The van der Waals surface area contributed by atoms with Gasteiger partial charge >= 0.3 is 0 Å². The Balaban J connectivity index is 1.74. The first-order valence-electron chi connectivity index (χ1n) is 6.12. The fourth-order valence-electron chi connectivity index (χ4n) is 2.77. The summed E-state index contributed by atoms with van der Waals surface area (Å²) in [5.41, 5.74) is 1.19. The molecule has 1 saturated carbocycles. The molecule has 3 heteroatoms. The van der Waals surface area contributed by atoms with Gasteiger partial charge in [0.05, 0.1) is 11.7 Å². The summed E-state index contributed by atoms with van der Waals surface area (Å²) in [6.45, 7) is 1.10. The zero-order chi connectivity index (χ0) is 10.1. The third-order valence-corrected chi connectivity index (χ3v) is 3.67. The predicted molar refractivity (Wildman–Crippen MR) is 57.7 cm³/mol. The second kappa shape index (κ2) is 3.97. The van der Waals surface area contributed by atoms with Crippen molar-refractivity contribution in [3.05, 3.63) is 17.8 Å². The van der Waals surface area contributed by atoms with Crippen LogP contribution in [0.15, 0.2) is 10.7 Å². The highest BCUT2D eigenvalue weighted by Gasteiger charge is 2.24. The zero-order valence-corrected chi connectivity index (χ0v) is 9.04. The van der Waals surface area contributed by atoms with E-state index in [1.165, 1.54) is 44.2 Å². The summed E-state index contributed by atoms with van der Waals surface area (Å²) in [5.74, 6) is 1.58. The molecule has 0 aromatic carbocycles. The van der Waals surface area contributed by atoms with E-state index >= 15 is 0 Å². The lowest BCUT2D eigenvalue weighted by Crippen LogP contribution is -2.13. The normalized spacial score (nSPS) is 27.6. The molecule has 0 spiro atoms. The van der Waals surface area contributed by atoms with E-state index in [1.54, 1.807) is 0 Å². The molecule has 1 aliphatic heterocycles. The molecule has 3 nitrogen and oxygen atoms in total. The number of aromatic nitrogens is 1. The van der Waals surface area contributed by atoms with Crippen LogP contribution in [-0.4, -0.2) is 11.5 Å². The third-order valence-electron chi connectivity index (χ3n) is 3.67. The first-order chi connectivity index (χ1) is 7.43. The first kappa shape index (κ1) is 9.40. The number of hydrogen-bond acceptors (Lipinski definition) is 3. The Morgan fingerprint density at radius 1 is 1.20 bits per heavy atom. The highest BCUT2D eigenvalue weighted by atomic mass is 16.3. The maximum atomic E-state index is 5.59. The number of nitrogens with one attached hydrogen (secondary N) is 1. The maximum Gasteiger partial charge on any atom is 0.211 e. The van der Waals surface area contributed by atoms with Gasteiger partial charge in [0.2, 0.25) is 5.89 Å². The topological polar surface area (TPSA) is 38.1 Å². The Kier molecular flexibility index (Phi) is 2.49. The van der Waals surface area contributed by atoms with E-state index in [1.807, 2.05) is 6.26 Å². The Hall–Kier alpha value is -0.830.